The number of hydrogen-bond acceptors (Lipinski definition) is 5. The number of nitrogens with one attached hydrogen (secondary N) is 1. The van der Waals surface area contributed by atoms with Crippen LogP contribution in [0.2, 0.25) is 0 Å². The monoisotopic (exact) mass is 371 g/mol. The quantitative estimate of drug-likeness (QED) is 0.829. The van der Waals surface area contributed by atoms with Crippen molar-refractivity contribution < 1.29 is 9.53 Å². The lowest BCUT2D eigenvalue weighted by molar-refractivity contribution is 0.0600. The molecule has 1 atom stereocenters. The van der Waals surface area contributed by atoms with Crippen molar-refractivity contribution in [2.45, 2.75) is 43.9 Å². The number of rotatable bonds is 3. The largest absolute Gasteiger partial charge is 0.465 e. The van der Waals surface area contributed by atoms with E-state index in [1.807, 2.05) is 23.7 Å². The fraction of sp³-hybridized carbons (Fsp3) is 0.421. The second-order valence-electron chi connectivity index (χ2n) is 6.73. The lowest BCUT2D eigenvalue weighted by Crippen LogP contribution is -2.13. The number of carbonyl (C=O) groups excluding carboxylic acids is 1. The molecule has 4 rings (SSSR count). The number of aromatic amines is 1. The number of fused-ring (bicyclic) bond motifs is 1. The third-order valence-electron chi connectivity index (χ3n) is 5.07. The molecule has 1 saturated carbocycles. The number of hydrogen-bond donors (Lipinski definition) is 1. The number of aromatic nitrogens is 2. The van der Waals surface area contributed by atoms with Gasteiger partial charge in [0.05, 0.1) is 34.6 Å². The minimum absolute atomic E-state index is 0.0716. The summed E-state index contributed by atoms with van der Waals surface area (Å²) in [4.78, 5) is 29.1. The first-order valence-corrected chi connectivity index (χ1v) is 9.71. The SMILES string of the molecule is COC(=O)c1ccc(C2SC(C)=Nc3c2c(=O)[nH]n3C2CCCC2)cc1. The molecule has 0 saturated heterocycles. The highest BCUT2D eigenvalue weighted by molar-refractivity contribution is 8.14. The normalized spacial score (nSPS) is 19.9. The van der Waals surface area contributed by atoms with Crippen molar-refractivity contribution in [2.24, 2.45) is 4.99 Å². The maximum atomic E-state index is 12.7. The van der Waals surface area contributed by atoms with E-state index in [1.54, 1.807) is 23.9 Å². The summed E-state index contributed by atoms with van der Waals surface area (Å²) in [6.07, 6.45) is 4.54. The minimum Gasteiger partial charge on any atom is -0.465 e. The van der Waals surface area contributed by atoms with Crippen molar-refractivity contribution >= 4 is 28.6 Å². The minimum atomic E-state index is -0.364. The van der Waals surface area contributed by atoms with Crippen molar-refractivity contribution in [1.29, 1.82) is 0 Å². The van der Waals surface area contributed by atoms with Crippen LogP contribution in [0.15, 0.2) is 34.1 Å². The summed E-state index contributed by atoms with van der Waals surface area (Å²) in [5.41, 5.74) is 2.11. The lowest BCUT2D eigenvalue weighted by Gasteiger charge is -2.22. The number of aliphatic imine (C=N–C) groups is 1. The molecule has 0 radical (unpaired) electrons. The standard InChI is InChI=1S/C19H21N3O3S/c1-11-20-17-15(18(23)21-22(17)14-5-3-4-6-14)16(26-11)12-7-9-13(10-8-12)19(24)25-2/h7-10,14,16H,3-6H2,1-2H3,(H,21,23). The molecule has 1 aliphatic carbocycles. The molecule has 7 heteroatoms. The van der Waals surface area contributed by atoms with E-state index >= 15 is 0 Å². The Morgan fingerprint density at radius 3 is 2.62 bits per heavy atom. The van der Waals surface area contributed by atoms with Crippen LogP contribution in [-0.2, 0) is 4.74 Å². The van der Waals surface area contributed by atoms with Crippen LogP contribution in [0.25, 0.3) is 0 Å². The molecule has 1 aromatic carbocycles. The Labute approximate surface area is 155 Å². The summed E-state index contributed by atoms with van der Waals surface area (Å²) in [5, 5.41) is 3.83. The van der Waals surface area contributed by atoms with Crippen LogP contribution in [0.3, 0.4) is 0 Å². The van der Waals surface area contributed by atoms with Gasteiger partial charge in [0.2, 0.25) is 0 Å². The lowest BCUT2D eigenvalue weighted by atomic mass is 10.0. The second kappa shape index (κ2) is 6.79. The van der Waals surface area contributed by atoms with Crippen LogP contribution < -0.4 is 5.56 Å². The Kier molecular flexibility index (Phi) is 4.48. The molecule has 6 nitrogen and oxygen atoms in total. The second-order valence-corrected chi connectivity index (χ2v) is 8.03. The third kappa shape index (κ3) is 2.90. The van der Waals surface area contributed by atoms with Crippen LogP contribution in [-0.4, -0.2) is 27.9 Å². The molecule has 1 aromatic heterocycles. The number of carbonyl (C=O) groups is 1. The van der Waals surface area contributed by atoms with E-state index < -0.39 is 0 Å². The van der Waals surface area contributed by atoms with Gasteiger partial charge < -0.3 is 4.74 Å². The fourth-order valence-corrected chi connectivity index (χ4v) is 4.89. The molecule has 0 bridgehead atoms. The van der Waals surface area contributed by atoms with Gasteiger partial charge in [-0.2, -0.15) is 0 Å². The number of benzene rings is 1. The zero-order valence-electron chi connectivity index (χ0n) is 14.8. The Morgan fingerprint density at radius 2 is 1.96 bits per heavy atom. The highest BCUT2D eigenvalue weighted by atomic mass is 32.2. The number of thioether (sulfide) groups is 1. The van der Waals surface area contributed by atoms with Crippen LogP contribution in [0.1, 0.15) is 65.4 Å². The van der Waals surface area contributed by atoms with Gasteiger partial charge >= 0.3 is 5.97 Å². The van der Waals surface area contributed by atoms with Crippen molar-refractivity contribution in [3.05, 3.63) is 51.3 Å². The molecular formula is C19H21N3O3S. The van der Waals surface area contributed by atoms with Crippen molar-refractivity contribution in [1.82, 2.24) is 9.78 Å². The molecule has 136 valence electrons. The van der Waals surface area contributed by atoms with Gasteiger partial charge in [0.15, 0.2) is 5.82 Å². The zero-order chi connectivity index (χ0) is 18.3. The summed E-state index contributed by atoms with van der Waals surface area (Å²) in [6.45, 7) is 1.97. The van der Waals surface area contributed by atoms with Gasteiger partial charge in [0, 0.05) is 0 Å². The third-order valence-corrected chi connectivity index (χ3v) is 6.25. The zero-order valence-corrected chi connectivity index (χ0v) is 15.6. The molecule has 1 aliphatic heterocycles. The van der Waals surface area contributed by atoms with Crippen molar-refractivity contribution in [3.8, 4) is 0 Å². The summed E-state index contributed by atoms with van der Waals surface area (Å²) in [5.74, 6) is 0.400. The molecule has 1 N–H and O–H groups in total. The highest BCUT2D eigenvalue weighted by Crippen LogP contribution is 2.45. The van der Waals surface area contributed by atoms with Gasteiger partial charge in [-0.05, 0) is 37.5 Å². The molecule has 1 fully saturated rings. The topological polar surface area (TPSA) is 76.4 Å². The number of H-pyrrole nitrogens is 1. The smallest absolute Gasteiger partial charge is 0.337 e. The Bertz CT molecular complexity index is 920. The first-order valence-electron chi connectivity index (χ1n) is 8.83. The van der Waals surface area contributed by atoms with Gasteiger partial charge in [0.25, 0.3) is 5.56 Å². The molecule has 0 spiro atoms. The summed E-state index contributed by atoms with van der Waals surface area (Å²) >= 11 is 1.57. The van der Waals surface area contributed by atoms with Crippen LogP contribution in [0.5, 0.6) is 0 Å². The van der Waals surface area contributed by atoms with E-state index in [0.717, 1.165) is 29.3 Å². The molecule has 26 heavy (non-hydrogen) atoms. The van der Waals surface area contributed by atoms with Gasteiger partial charge in [-0.15, -0.1) is 0 Å². The van der Waals surface area contributed by atoms with Gasteiger partial charge in [-0.3, -0.25) is 14.6 Å². The van der Waals surface area contributed by atoms with Crippen molar-refractivity contribution in [2.75, 3.05) is 7.11 Å². The van der Waals surface area contributed by atoms with E-state index in [4.69, 9.17) is 4.74 Å². The maximum Gasteiger partial charge on any atom is 0.337 e. The highest BCUT2D eigenvalue weighted by Gasteiger charge is 2.32. The summed E-state index contributed by atoms with van der Waals surface area (Å²) in [6, 6.07) is 7.58. The van der Waals surface area contributed by atoms with E-state index in [-0.39, 0.29) is 16.8 Å². The van der Waals surface area contributed by atoms with Gasteiger partial charge in [0.1, 0.15) is 0 Å². The van der Waals surface area contributed by atoms with E-state index in [1.165, 1.54) is 20.0 Å². The molecule has 2 aliphatic rings. The molecule has 2 heterocycles. The van der Waals surface area contributed by atoms with Crippen LogP contribution in [0.4, 0.5) is 5.82 Å². The fourth-order valence-electron chi connectivity index (χ4n) is 3.78. The predicted octanol–water partition coefficient (Wildman–Crippen LogP) is 3.96. The number of ether oxygens (including phenoxy) is 1. The van der Waals surface area contributed by atoms with Crippen LogP contribution >= 0.6 is 11.8 Å². The summed E-state index contributed by atoms with van der Waals surface area (Å²) in [7, 11) is 1.37. The first kappa shape index (κ1) is 17.1. The van der Waals surface area contributed by atoms with Gasteiger partial charge in [-0.25, -0.2) is 9.79 Å². The average molecular weight is 371 g/mol. The Balaban J connectivity index is 1.75. The van der Waals surface area contributed by atoms with Crippen molar-refractivity contribution in [3.63, 3.8) is 0 Å². The Morgan fingerprint density at radius 1 is 1.27 bits per heavy atom. The van der Waals surface area contributed by atoms with Crippen LogP contribution in [0, 0.1) is 0 Å². The summed E-state index contributed by atoms with van der Waals surface area (Å²) < 4.78 is 6.73. The average Bonchev–Trinajstić information content (AvgIpc) is 3.29. The number of nitrogens with zero attached hydrogens (tertiary/aromatic N) is 2. The van der Waals surface area contributed by atoms with E-state index in [2.05, 4.69) is 10.1 Å². The van der Waals surface area contributed by atoms with E-state index in [9.17, 15) is 9.59 Å². The molecule has 1 unspecified atom stereocenters. The number of methoxy groups -OCH3 is 1. The number of esters is 1. The molecule has 2 aromatic rings. The molecule has 0 amide bonds. The Hall–Kier alpha value is -2.28. The van der Waals surface area contributed by atoms with E-state index in [0.29, 0.717) is 17.2 Å². The maximum absolute atomic E-state index is 12.7. The molecular weight excluding hydrogens is 350 g/mol. The van der Waals surface area contributed by atoms with Gasteiger partial charge in [-0.1, -0.05) is 36.7 Å². The predicted molar refractivity (Wildman–Crippen MR) is 103 cm³/mol. The first-order chi connectivity index (χ1) is 12.6.